The molecule has 0 N–H and O–H groups in total. The molecule has 1 fully saturated rings. The molecule has 1 aliphatic rings. The van der Waals surface area contributed by atoms with E-state index >= 15 is 0 Å². The van der Waals surface area contributed by atoms with E-state index in [0.29, 0.717) is 5.92 Å². The minimum Gasteiger partial charge on any atom is -0.371 e. The normalized spacial score (nSPS) is 17.4. The third kappa shape index (κ3) is 4.08. The SMILES string of the molecule is CN(Cc1cccnc1)C[C@@H]1CCN(c2ccc(C#N)cc2)C1. The van der Waals surface area contributed by atoms with E-state index in [1.807, 2.05) is 30.6 Å². The van der Waals surface area contributed by atoms with E-state index in [0.717, 1.165) is 31.7 Å². The molecule has 1 aliphatic heterocycles. The molecule has 0 amide bonds. The summed E-state index contributed by atoms with van der Waals surface area (Å²) in [5.41, 5.74) is 3.21. The topological polar surface area (TPSA) is 43.2 Å². The minimum absolute atomic E-state index is 0.687. The molecule has 4 heteroatoms. The smallest absolute Gasteiger partial charge is 0.0991 e. The fourth-order valence-electron chi connectivity index (χ4n) is 3.27. The van der Waals surface area contributed by atoms with Crippen molar-refractivity contribution in [2.75, 3.05) is 31.6 Å². The van der Waals surface area contributed by atoms with Crippen LogP contribution in [0, 0.1) is 17.2 Å². The van der Waals surface area contributed by atoms with Crippen LogP contribution in [0.25, 0.3) is 0 Å². The van der Waals surface area contributed by atoms with E-state index < -0.39 is 0 Å². The number of pyridine rings is 1. The van der Waals surface area contributed by atoms with Gasteiger partial charge in [0.1, 0.15) is 0 Å². The second kappa shape index (κ2) is 7.26. The third-order valence-electron chi connectivity index (χ3n) is 4.39. The molecule has 0 spiro atoms. The number of hydrogen-bond acceptors (Lipinski definition) is 4. The Bertz CT molecular complexity index is 660. The summed E-state index contributed by atoms with van der Waals surface area (Å²) in [6.07, 6.45) is 4.97. The quantitative estimate of drug-likeness (QED) is 0.852. The van der Waals surface area contributed by atoms with E-state index in [1.165, 1.54) is 17.7 Å². The highest BCUT2D eigenvalue weighted by molar-refractivity contribution is 5.50. The van der Waals surface area contributed by atoms with Gasteiger partial charge in [-0.1, -0.05) is 6.07 Å². The molecular formula is C19H22N4. The first-order valence-electron chi connectivity index (χ1n) is 8.07. The van der Waals surface area contributed by atoms with Crippen molar-refractivity contribution in [3.63, 3.8) is 0 Å². The van der Waals surface area contributed by atoms with Crippen LogP contribution in [0.1, 0.15) is 17.5 Å². The van der Waals surface area contributed by atoms with Gasteiger partial charge in [-0.2, -0.15) is 5.26 Å². The van der Waals surface area contributed by atoms with Gasteiger partial charge < -0.3 is 9.80 Å². The average molecular weight is 306 g/mol. The Labute approximate surface area is 138 Å². The first-order valence-corrected chi connectivity index (χ1v) is 8.07. The lowest BCUT2D eigenvalue weighted by Crippen LogP contribution is -2.28. The monoisotopic (exact) mass is 306 g/mol. The third-order valence-corrected chi connectivity index (χ3v) is 4.39. The Hall–Kier alpha value is -2.38. The Morgan fingerprint density at radius 3 is 2.83 bits per heavy atom. The summed E-state index contributed by atoms with van der Waals surface area (Å²) >= 11 is 0. The van der Waals surface area contributed by atoms with Gasteiger partial charge in [-0.3, -0.25) is 4.98 Å². The van der Waals surface area contributed by atoms with E-state index in [2.05, 4.69) is 46.1 Å². The van der Waals surface area contributed by atoms with Crippen LogP contribution in [0.15, 0.2) is 48.8 Å². The van der Waals surface area contributed by atoms with Crippen molar-refractivity contribution in [3.05, 3.63) is 59.9 Å². The number of rotatable bonds is 5. The summed E-state index contributed by atoms with van der Waals surface area (Å²) in [6.45, 7) is 4.23. The molecule has 0 unspecified atom stereocenters. The predicted octanol–water partition coefficient (Wildman–Crippen LogP) is 2.91. The Morgan fingerprint density at radius 1 is 1.30 bits per heavy atom. The van der Waals surface area contributed by atoms with Crippen molar-refractivity contribution < 1.29 is 0 Å². The van der Waals surface area contributed by atoms with Gasteiger partial charge in [-0.15, -0.1) is 0 Å². The van der Waals surface area contributed by atoms with Crippen molar-refractivity contribution >= 4 is 5.69 Å². The summed E-state index contributed by atoms with van der Waals surface area (Å²) in [7, 11) is 2.18. The molecule has 1 aromatic carbocycles. The van der Waals surface area contributed by atoms with Crippen LogP contribution < -0.4 is 4.90 Å². The van der Waals surface area contributed by atoms with Gasteiger partial charge in [0.25, 0.3) is 0 Å². The van der Waals surface area contributed by atoms with Gasteiger partial charge in [0.05, 0.1) is 11.6 Å². The van der Waals surface area contributed by atoms with Crippen LogP contribution in [-0.4, -0.2) is 36.6 Å². The molecule has 3 rings (SSSR count). The second-order valence-corrected chi connectivity index (χ2v) is 6.32. The molecule has 1 saturated heterocycles. The van der Waals surface area contributed by atoms with Crippen molar-refractivity contribution in [1.29, 1.82) is 5.26 Å². The highest BCUT2D eigenvalue weighted by atomic mass is 15.2. The highest BCUT2D eigenvalue weighted by Crippen LogP contribution is 2.24. The minimum atomic E-state index is 0.687. The Kier molecular flexibility index (Phi) is 4.89. The molecule has 1 aromatic heterocycles. The maximum absolute atomic E-state index is 8.88. The van der Waals surface area contributed by atoms with Gasteiger partial charge in [0, 0.05) is 44.3 Å². The van der Waals surface area contributed by atoms with Crippen molar-refractivity contribution in [3.8, 4) is 6.07 Å². The van der Waals surface area contributed by atoms with Crippen molar-refractivity contribution in [2.24, 2.45) is 5.92 Å². The van der Waals surface area contributed by atoms with Crippen molar-refractivity contribution in [1.82, 2.24) is 9.88 Å². The molecule has 2 heterocycles. The van der Waals surface area contributed by atoms with Crippen LogP contribution in [0.2, 0.25) is 0 Å². The maximum Gasteiger partial charge on any atom is 0.0991 e. The van der Waals surface area contributed by atoms with Crippen LogP contribution >= 0.6 is 0 Å². The zero-order valence-corrected chi connectivity index (χ0v) is 13.5. The summed E-state index contributed by atoms with van der Waals surface area (Å²) in [5, 5.41) is 8.88. The Morgan fingerprint density at radius 2 is 2.13 bits per heavy atom. The first kappa shape index (κ1) is 15.5. The number of hydrogen-bond donors (Lipinski definition) is 0. The molecule has 2 aromatic rings. The molecule has 118 valence electrons. The van der Waals surface area contributed by atoms with Crippen molar-refractivity contribution in [2.45, 2.75) is 13.0 Å². The summed E-state index contributed by atoms with van der Waals surface area (Å²) in [4.78, 5) is 8.98. The van der Waals surface area contributed by atoms with Gasteiger partial charge in [0.15, 0.2) is 0 Å². The molecule has 0 bridgehead atoms. The standard InChI is InChI=1S/C19H22N4/c1-22(13-17-3-2-9-21-12-17)14-18-8-10-23(15-18)19-6-4-16(11-20)5-7-19/h2-7,9,12,18H,8,10,13-15H2,1H3/t18-/m0/s1. The van der Waals surface area contributed by atoms with Crippen LogP contribution in [0.4, 0.5) is 5.69 Å². The molecule has 23 heavy (non-hydrogen) atoms. The van der Waals surface area contributed by atoms with Gasteiger partial charge in [0.2, 0.25) is 0 Å². The molecule has 0 radical (unpaired) electrons. The molecule has 4 nitrogen and oxygen atoms in total. The van der Waals surface area contributed by atoms with E-state index in [9.17, 15) is 0 Å². The molecular weight excluding hydrogens is 284 g/mol. The summed E-state index contributed by atoms with van der Waals surface area (Å²) in [6, 6.07) is 14.2. The van der Waals surface area contributed by atoms with Gasteiger partial charge >= 0.3 is 0 Å². The second-order valence-electron chi connectivity index (χ2n) is 6.32. The molecule has 0 saturated carbocycles. The lowest BCUT2D eigenvalue weighted by atomic mass is 10.1. The predicted molar refractivity (Wildman–Crippen MR) is 92.0 cm³/mol. The number of aromatic nitrogens is 1. The van der Waals surface area contributed by atoms with E-state index in [4.69, 9.17) is 5.26 Å². The number of benzene rings is 1. The fraction of sp³-hybridized carbons (Fsp3) is 0.368. The van der Waals surface area contributed by atoms with E-state index in [-0.39, 0.29) is 0 Å². The van der Waals surface area contributed by atoms with Gasteiger partial charge in [-0.25, -0.2) is 0 Å². The zero-order chi connectivity index (χ0) is 16.1. The lowest BCUT2D eigenvalue weighted by Gasteiger charge is -2.22. The molecule has 0 aliphatic carbocycles. The lowest BCUT2D eigenvalue weighted by molar-refractivity contribution is 0.279. The first-order chi connectivity index (χ1) is 11.2. The summed E-state index contributed by atoms with van der Waals surface area (Å²) in [5.74, 6) is 0.687. The Balaban J connectivity index is 1.52. The van der Waals surface area contributed by atoms with Gasteiger partial charge in [-0.05, 0) is 55.3 Å². The van der Waals surface area contributed by atoms with Crippen LogP contribution in [0.3, 0.4) is 0 Å². The van der Waals surface area contributed by atoms with Crippen LogP contribution in [-0.2, 0) is 6.54 Å². The largest absolute Gasteiger partial charge is 0.371 e. The number of nitrogens with zero attached hydrogens (tertiary/aromatic N) is 4. The average Bonchev–Trinajstić information content (AvgIpc) is 3.04. The zero-order valence-electron chi connectivity index (χ0n) is 13.5. The highest BCUT2D eigenvalue weighted by Gasteiger charge is 2.23. The molecule has 1 atom stereocenters. The summed E-state index contributed by atoms with van der Waals surface area (Å²) < 4.78 is 0. The number of anilines is 1. The number of nitriles is 1. The van der Waals surface area contributed by atoms with Crippen LogP contribution in [0.5, 0.6) is 0 Å². The fourth-order valence-corrected chi connectivity index (χ4v) is 3.27. The van der Waals surface area contributed by atoms with E-state index in [1.54, 1.807) is 0 Å². The maximum atomic E-state index is 8.88.